The lowest BCUT2D eigenvalue weighted by Crippen LogP contribution is -2.53. The Morgan fingerprint density at radius 3 is 2.69 bits per heavy atom. The summed E-state index contributed by atoms with van der Waals surface area (Å²) < 4.78 is 4.71. The van der Waals surface area contributed by atoms with Gasteiger partial charge in [0, 0.05) is 7.11 Å². The van der Waals surface area contributed by atoms with Crippen LogP contribution in [0, 0.1) is 0 Å². The smallest absolute Gasteiger partial charge is 0.330 e. The minimum atomic E-state index is -0.668. The molecule has 1 fully saturated rings. The van der Waals surface area contributed by atoms with Gasteiger partial charge < -0.3 is 4.74 Å². The quantitative estimate of drug-likeness (QED) is 0.579. The van der Waals surface area contributed by atoms with E-state index < -0.39 is 17.8 Å². The number of hydrogen-bond acceptors (Lipinski definition) is 4. The number of ether oxygens (including phenoxy) is 1. The van der Waals surface area contributed by atoms with Crippen molar-refractivity contribution in [2.75, 3.05) is 20.3 Å². The Labute approximate surface area is 74.8 Å². The molecule has 0 atom stereocenters. The van der Waals surface area contributed by atoms with Crippen LogP contribution in [0.3, 0.4) is 0 Å². The van der Waals surface area contributed by atoms with Crippen molar-refractivity contribution >= 4 is 17.8 Å². The maximum Gasteiger partial charge on any atom is 0.330 e. The third kappa shape index (κ3) is 2.25. The number of imide groups is 2. The lowest BCUT2D eigenvalue weighted by molar-refractivity contribution is -0.136. The maximum absolute atomic E-state index is 11.1. The van der Waals surface area contributed by atoms with E-state index in [0.717, 1.165) is 4.90 Å². The Morgan fingerprint density at radius 1 is 1.46 bits per heavy atom. The molecule has 0 radical (unpaired) electrons. The highest BCUT2D eigenvalue weighted by Gasteiger charge is 2.29. The van der Waals surface area contributed by atoms with Gasteiger partial charge in [0.25, 0.3) is 0 Å². The summed E-state index contributed by atoms with van der Waals surface area (Å²) in [7, 11) is 1.47. The first-order chi connectivity index (χ1) is 6.15. The molecule has 6 nitrogen and oxygen atoms in total. The lowest BCUT2D eigenvalue weighted by Gasteiger charge is -2.23. The van der Waals surface area contributed by atoms with Crippen molar-refractivity contribution < 1.29 is 19.1 Å². The van der Waals surface area contributed by atoms with Crippen molar-refractivity contribution in [1.29, 1.82) is 0 Å². The molecule has 1 N–H and O–H groups in total. The molecule has 1 aliphatic heterocycles. The van der Waals surface area contributed by atoms with E-state index in [0.29, 0.717) is 0 Å². The van der Waals surface area contributed by atoms with Crippen LogP contribution in [0.1, 0.15) is 6.42 Å². The second-order valence-corrected chi connectivity index (χ2v) is 2.57. The van der Waals surface area contributed by atoms with Gasteiger partial charge in [-0.15, -0.1) is 0 Å². The van der Waals surface area contributed by atoms with E-state index in [1.807, 2.05) is 5.32 Å². The lowest BCUT2D eigenvalue weighted by atomic mass is 10.3. The largest absolute Gasteiger partial charge is 0.383 e. The molecule has 1 heterocycles. The van der Waals surface area contributed by atoms with Crippen LogP contribution >= 0.6 is 0 Å². The molecule has 0 unspecified atom stereocenters. The zero-order chi connectivity index (χ0) is 9.84. The fourth-order valence-corrected chi connectivity index (χ4v) is 0.986. The van der Waals surface area contributed by atoms with Crippen LogP contribution in [-0.2, 0) is 14.3 Å². The van der Waals surface area contributed by atoms with Crippen molar-refractivity contribution in [1.82, 2.24) is 10.2 Å². The van der Waals surface area contributed by atoms with E-state index in [1.54, 1.807) is 0 Å². The van der Waals surface area contributed by atoms with Crippen molar-refractivity contribution in [2.45, 2.75) is 6.42 Å². The zero-order valence-electron chi connectivity index (χ0n) is 7.20. The maximum atomic E-state index is 11.1. The van der Waals surface area contributed by atoms with E-state index in [-0.39, 0.29) is 19.6 Å². The molecule has 4 amide bonds. The Balaban J connectivity index is 2.56. The van der Waals surface area contributed by atoms with Gasteiger partial charge in [-0.05, 0) is 0 Å². The number of urea groups is 1. The highest BCUT2D eigenvalue weighted by Crippen LogP contribution is 2.01. The average Bonchev–Trinajstić information content (AvgIpc) is 2.02. The first-order valence-electron chi connectivity index (χ1n) is 3.78. The molecule has 0 aromatic carbocycles. The predicted molar refractivity (Wildman–Crippen MR) is 41.7 cm³/mol. The minimum Gasteiger partial charge on any atom is -0.383 e. The van der Waals surface area contributed by atoms with Crippen LogP contribution in [0.4, 0.5) is 4.79 Å². The third-order valence-electron chi connectivity index (χ3n) is 1.62. The normalized spacial score (nSPS) is 17.6. The molecule has 0 aromatic heterocycles. The van der Waals surface area contributed by atoms with Crippen LogP contribution < -0.4 is 5.32 Å². The highest BCUT2D eigenvalue weighted by molar-refractivity contribution is 6.14. The third-order valence-corrected chi connectivity index (χ3v) is 1.62. The standard InChI is InChI=1S/C7H10N2O4/c1-13-3-2-9-6(11)4-5(10)8-7(9)12/h2-4H2,1H3,(H,8,10,12). The first-order valence-corrected chi connectivity index (χ1v) is 3.78. The van der Waals surface area contributed by atoms with Crippen LogP contribution in [0.2, 0.25) is 0 Å². The van der Waals surface area contributed by atoms with E-state index in [4.69, 9.17) is 4.74 Å². The van der Waals surface area contributed by atoms with Gasteiger partial charge in [0.05, 0.1) is 13.2 Å². The SMILES string of the molecule is COCCN1C(=O)CC(=O)NC1=O. The summed E-state index contributed by atoms with van der Waals surface area (Å²) in [5.41, 5.74) is 0. The predicted octanol–water partition coefficient (Wildman–Crippen LogP) is -0.899. The number of amides is 4. The second-order valence-electron chi connectivity index (χ2n) is 2.57. The number of carbonyl (C=O) groups excluding carboxylic acids is 3. The average molecular weight is 186 g/mol. The summed E-state index contributed by atoms with van der Waals surface area (Å²) in [4.78, 5) is 33.8. The van der Waals surface area contributed by atoms with E-state index in [9.17, 15) is 14.4 Å². The van der Waals surface area contributed by atoms with E-state index >= 15 is 0 Å². The number of methoxy groups -OCH3 is 1. The Bertz CT molecular complexity index is 231. The summed E-state index contributed by atoms with van der Waals surface area (Å²) in [6.07, 6.45) is -0.268. The number of nitrogens with zero attached hydrogens (tertiary/aromatic N) is 1. The molecule has 1 saturated heterocycles. The summed E-state index contributed by atoms with van der Waals surface area (Å²) in [5.74, 6) is -1.03. The van der Waals surface area contributed by atoms with Gasteiger partial charge in [0.15, 0.2) is 0 Å². The molecule has 0 bridgehead atoms. The minimum absolute atomic E-state index is 0.175. The van der Waals surface area contributed by atoms with Gasteiger partial charge >= 0.3 is 6.03 Å². The summed E-state index contributed by atoms with van der Waals surface area (Å²) in [6, 6.07) is -0.668. The second kappa shape index (κ2) is 3.99. The molecule has 72 valence electrons. The fraction of sp³-hybridized carbons (Fsp3) is 0.571. The summed E-state index contributed by atoms with van der Waals surface area (Å²) >= 11 is 0. The van der Waals surface area contributed by atoms with Gasteiger partial charge in [0.2, 0.25) is 11.8 Å². The number of rotatable bonds is 3. The molecule has 6 heteroatoms. The Morgan fingerprint density at radius 2 is 2.15 bits per heavy atom. The van der Waals surface area contributed by atoms with Gasteiger partial charge in [-0.2, -0.15) is 0 Å². The topological polar surface area (TPSA) is 75.7 Å². The molecule has 13 heavy (non-hydrogen) atoms. The number of nitrogens with one attached hydrogen (secondary N) is 1. The summed E-state index contributed by atoms with van der Waals surface area (Å²) in [5, 5.41) is 2.04. The highest BCUT2D eigenvalue weighted by atomic mass is 16.5. The number of carbonyl (C=O) groups is 3. The summed E-state index contributed by atoms with van der Waals surface area (Å²) in [6.45, 7) is 0.446. The monoisotopic (exact) mass is 186 g/mol. The van der Waals surface area contributed by atoms with Gasteiger partial charge in [-0.1, -0.05) is 0 Å². The van der Waals surface area contributed by atoms with Crippen LogP contribution in [0.15, 0.2) is 0 Å². The number of hydrogen-bond donors (Lipinski definition) is 1. The van der Waals surface area contributed by atoms with Crippen LogP contribution in [0.25, 0.3) is 0 Å². The molecule has 0 spiro atoms. The Hall–Kier alpha value is -1.43. The molecule has 0 aromatic rings. The van der Waals surface area contributed by atoms with Crippen LogP contribution in [0.5, 0.6) is 0 Å². The van der Waals surface area contributed by atoms with Crippen molar-refractivity contribution in [3.63, 3.8) is 0 Å². The van der Waals surface area contributed by atoms with Gasteiger partial charge in [-0.3, -0.25) is 19.8 Å². The molecule has 0 saturated carbocycles. The molecular weight excluding hydrogens is 176 g/mol. The molecule has 1 rings (SSSR count). The van der Waals surface area contributed by atoms with E-state index in [2.05, 4.69) is 0 Å². The van der Waals surface area contributed by atoms with Crippen molar-refractivity contribution in [2.24, 2.45) is 0 Å². The van der Waals surface area contributed by atoms with E-state index in [1.165, 1.54) is 7.11 Å². The van der Waals surface area contributed by atoms with Crippen molar-refractivity contribution in [3.8, 4) is 0 Å². The Kier molecular flexibility index (Phi) is 2.97. The zero-order valence-corrected chi connectivity index (χ0v) is 7.20. The van der Waals surface area contributed by atoms with Crippen LogP contribution in [-0.4, -0.2) is 43.0 Å². The first kappa shape index (κ1) is 9.66. The van der Waals surface area contributed by atoms with Crippen molar-refractivity contribution in [3.05, 3.63) is 0 Å². The molecule has 1 aliphatic rings. The number of barbiturate groups is 1. The fourth-order valence-electron chi connectivity index (χ4n) is 0.986. The molecule has 0 aliphatic carbocycles. The molecular formula is C7H10N2O4. The van der Waals surface area contributed by atoms with Gasteiger partial charge in [0.1, 0.15) is 6.42 Å². The van der Waals surface area contributed by atoms with Gasteiger partial charge in [-0.25, -0.2) is 4.79 Å².